The molecular formula is C10H13N5O2S. The molecule has 7 nitrogen and oxygen atoms in total. The monoisotopic (exact) mass is 267 g/mol. The quantitative estimate of drug-likeness (QED) is 0.590. The first-order valence-electron chi connectivity index (χ1n) is 5.11. The normalized spacial score (nSPS) is 11.4. The van der Waals surface area contributed by atoms with E-state index in [9.17, 15) is 8.42 Å². The van der Waals surface area contributed by atoms with Crippen LogP contribution in [0, 0.1) is 0 Å². The van der Waals surface area contributed by atoms with Crippen LogP contribution < -0.4 is 16.2 Å². The summed E-state index contributed by atoms with van der Waals surface area (Å²) in [6.45, 7) is 0.361. The summed E-state index contributed by atoms with van der Waals surface area (Å²) in [7, 11) is -3.82. The molecule has 0 saturated carbocycles. The molecule has 96 valence electrons. The van der Waals surface area contributed by atoms with E-state index in [4.69, 9.17) is 10.9 Å². The van der Waals surface area contributed by atoms with E-state index >= 15 is 0 Å². The third-order valence-electron chi connectivity index (χ3n) is 2.31. The number of nitrogens with one attached hydrogen (secondary N) is 2. The van der Waals surface area contributed by atoms with Gasteiger partial charge in [0.2, 0.25) is 10.0 Å². The molecule has 0 atom stereocenters. The second-order valence-electron chi connectivity index (χ2n) is 3.69. The summed E-state index contributed by atoms with van der Waals surface area (Å²) in [6.07, 6.45) is 3.29. The van der Waals surface area contributed by atoms with E-state index < -0.39 is 10.0 Å². The van der Waals surface area contributed by atoms with Crippen molar-refractivity contribution in [2.45, 2.75) is 11.4 Å². The van der Waals surface area contributed by atoms with Crippen LogP contribution in [0.3, 0.4) is 0 Å². The summed E-state index contributed by atoms with van der Waals surface area (Å²) in [5.74, 6) is 0.687. The highest BCUT2D eigenvalue weighted by molar-refractivity contribution is 7.89. The minimum Gasteiger partial charge on any atom is -0.399 e. The fraction of sp³-hybridized carbons (Fsp3) is 0.100. The molecule has 1 aromatic heterocycles. The van der Waals surface area contributed by atoms with E-state index in [-0.39, 0.29) is 4.90 Å². The number of nitrogen functional groups attached to an aromatic ring is 1. The average molecular weight is 267 g/mol. The molecule has 0 bridgehead atoms. The van der Waals surface area contributed by atoms with Gasteiger partial charge in [-0.15, -0.1) is 0 Å². The number of imidazole rings is 1. The number of hydrogen-bond donors (Lipinski definition) is 4. The Morgan fingerprint density at radius 2 is 2.17 bits per heavy atom. The summed E-state index contributed by atoms with van der Waals surface area (Å²) in [5.41, 5.74) is 6.28. The van der Waals surface area contributed by atoms with Crippen LogP contribution in [0.15, 0.2) is 35.5 Å². The van der Waals surface area contributed by atoms with Crippen LogP contribution >= 0.6 is 0 Å². The number of aromatic nitrogens is 2. The Morgan fingerprint density at radius 3 is 2.78 bits per heavy atom. The molecule has 6 N–H and O–H groups in total. The lowest BCUT2D eigenvalue weighted by atomic mass is 10.3. The summed E-state index contributed by atoms with van der Waals surface area (Å²) >= 11 is 0. The minimum absolute atomic E-state index is 0.0333. The van der Waals surface area contributed by atoms with Crippen molar-refractivity contribution >= 4 is 21.4 Å². The fourth-order valence-corrected chi connectivity index (χ4v) is 2.24. The number of rotatable bonds is 4. The molecular weight excluding hydrogens is 254 g/mol. The lowest BCUT2D eigenvalue weighted by molar-refractivity contribution is 0.598. The van der Waals surface area contributed by atoms with Gasteiger partial charge in [-0.25, -0.2) is 18.5 Å². The smallest absolute Gasteiger partial charge is 0.240 e. The van der Waals surface area contributed by atoms with E-state index in [0.29, 0.717) is 23.7 Å². The maximum atomic E-state index is 11.4. The van der Waals surface area contributed by atoms with Crippen LogP contribution in [0.2, 0.25) is 0 Å². The molecule has 0 spiro atoms. The van der Waals surface area contributed by atoms with Crippen LogP contribution in [0.1, 0.15) is 5.82 Å². The maximum absolute atomic E-state index is 11.4. The lowest BCUT2D eigenvalue weighted by Gasteiger charge is -2.10. The van der Waals surface area contributed by atoms with Gasteiger partial charge in [-0.05, 0) is 18.2 Å². The van der Waals surface area contributed by atoms with Crippen molar-refractivity contribution in [3.05, 3.63) is 36.4 Å². The summed E-state index contributed by atoms with van der Waals surface area (Å²) in [4.78, 5) is 6.88. The Morgan fingerprint density at radius 1 is 1.39 bits per heavy atom. The van der Waals surface area contributed by atoms with Gasteiger partial charge in [-0.3, -0.25) is 0 Å². The van der Waals surface area contributed by atoms with Crippen molar-refractivity contribution in [1.82, 2.24) is 9.97 Å². The Bertz CT molecular complexity index is 636. The van der Waals surface area contributed by atoms with Gasteiger partial charge < -0.3 is 16.0 Å². The van der Waals surface area contributed by atoms with Crippen molar-refractivity contribution in [2.75, 3.05) is 11.1 Å². The van der Waals surface area contributed by atoms with Gasteiger partial charge in [-0.2, -0.15) is 0 Å². The number of hydrogen-bond acceptors (Lipinski definition) is 5. The SMILES string of the molecule is Nc1ccc(NCc2ncc[nH]2)c(S(N)(=O)=O)c1. The van der Waals surface area contributed by atoms with Gasteiger partial charge in [0.25, 0.3) is 0 Å². The van der Waals surface area contributed by atoms with Crippen molar-refractivity contribution in [1.29, 1.82) is 0 Å². The second-order valence-corrected chi connectivity index (χ2v) is 5.22. The highest BCUT2D eigenvalue weighted by Gasteiger charge is 2.14. The molecule has 2 aromatic rings. The number of aromatic amines is 1. The largest absolute Gasteiger partial charge is 0.399 e. The van der Waals surface area contributed by atoms with Crippen molar-refractivity contribution < 1.29 is 8.42 Å². The Kier molecular flexibility index (Phi) is 3.21. The zero-order chi connectivity index (χ0) is 13.2. The van der Waals surface area contributed by atoms with Crippen molar-refractivity contribution in [3.8, 4) is 0 Å². The van der Waals surface area contributed by atoms with E-state index in [1.807, 2.05) is 0 Å². The number of nitrogens with zero attached hydrogens (tertiary/aromatic N) is 1. The van der Waals surface area contributed by atoms with Crippen molar-refractivity contribution in [2.24, 2.45) is 5.14 Å². The first-order chi connectivity index (χ1) is 8.47. The lowest BCUT2D eigenvalue weighted by Crippen LogP contribution is -2.15. The Balaban J connectivity index is 2.27. The molecule has 0 aliphatic carbocycles. The first-order valence-corrected chi connectivity index (χ1v) is 6.66. The molecule has 2 rings (SSSR count). The standard InChI is InChI=1S/C10H13N5O2S/c11-7-1-2-8(9(5-7)18(12,16)17)15-6-10-13-3-4-14-10/h1-5,15H,6,11H2,(H,13,14)(H2,12,16,17). The van der Waals surface area contributed by atoms with Gasteiger partial charge in [0.1, 0.15) is 10.7 Å². The molecule has 0 aliphatic heterocycles. The van der Waals surface area contributed by atoms with Crippen LogP contribution in [-0.2, 0) is 16.6 Å². The first kappa shape index (κ1) is 12.4. The van der Waals surface area contributed by atoms with Gasteiger partial charge >= 0.3 is 0 Å². The fourth-order valence-electron chi connectivity index (χ4n) is 1.49. The van der Waals surface area contributed by atoms with Gasteiger partial charge in [-0.1, -0.05) is 0 Å². The third-order valence-corrected chi connectivity index (χ3v) is 3.26. The van der Waals surface area contributed by atoms with Crippen molar-refractivity contribution in [3.63, 3.8) is 0 Å². The second kappa shape index (κ2) is 4.67. The zero-order valence-corrected chi connectivity index (χ0v) is 10.2. The topological polar surface area (TPSA) is 127 Å². The summed E-state index contributed by atoms with van der Waals surface area (Å²) in [5, 5.41) is 8.07. The predicted molar refractivity (Wildman–Crippen MR) is 68.1 cm³/mol. The number of H-pyrrole nitrogens is 1. The van der Waals surface area contributed by atoms with E-state index in [2.05, 4.69) is 15.3 Å². The average Bonchev–Trinajstić information content (AvgIpc) is 2.79. The summed E-state index contributed by atoms with van der Waals surface area (Å²) in [6, 6.07) is 4.48. The molecule has 0 fully saturated rings. The molecule has 1 heterocycles. The van der Waals surface area contributed by atoms with E-state index in [1.54, 1.807) is 24.5 Å². The molecule has 0 unspecified atom stereocenters. The molecule has 0 saturated heterocycles. The van der Waals surface area contributed by atoms with Crippen LogP contribution in [0.5, 0.6) is 0 Å². The molecule has 0 amide bonds. The summed E-state index contributed by atoms with van der Waals surface area (Å²) < 4.78 is 22.9. The number of benzene rings is 1. The third kappa shape index (κ3) is 2.79. The zero-order valence-electron chi connectivity index (χ0n) is 9.42. The minimum atomic E-state index is -3.82. The van der Waals surface area contributed by atoms with Crippen LogP contribution in [0.4, 0.5) is 11.4 Å². The molecule has 1 aromatic carbocycles. The predicted octanol–water partition coefficient (Wildman–Crippen LogP) is 0.251. The van der Waals surface area contributed by atoms with Gasteiger partial charge in [0.15, 0.2) is 0 Å². The maximum Gasteiger partial charge on any atom is 0.240 e. The Hall–Kier alpha value is -2.06. The van der Waals surface area contributed by atoms with Crippen LogP contribution in [-0.4, -0.2) is 18.4 Å². The van der Waals surface area contributed by atoms with E-state index in [1.165, 1.54) is 6.07 Å². The molecule has 8 heteroatoms. The molecule has 0 aliphatic rings. The molecule has 18 heavy (non-hydrogen) atoms. The number of nitrogens with two attached hydrogens (primary N) is 2. The highest BCUT2D eigenvalue weighted by Crippen LogP contribution is 2.23. The number of anilines is 2. The van der Waals surface area contributed by atoms with E-state index in [0.717, 1.165) is 0 Å². The molecule has 0 radical (unpaired) electrons. The number of sulfonamides is 1. The van der Waals surface area contributed by atoms with Gasteiger partial charge in [0, 0.05) is 18.1 Å². The van der Waals surface area contributed by atoms with Crippen LogP contribution in [0.25, 0.3) is 0 Å². The Labute approximate surface area is 104 Å². The van der Waals surface area contributed by atoms with Gasteiger partial charge in [0.05, 0.1) is 12.2 Å². The number of primary sulfonamides is 1. The highest BCUT2D eigenvalue weighted by atomic mass is 32.2.